The van der Waals surface area contributed by atoms with Gasteiger partial charge in [0, 0.05) is 38.3 Å². The maximum Gasteiger partial charge on any atom is 0.306 e. The molecule has 0 saturated carbocycles. The van der Waals surface area contributed by atoms with Crippen LogP contribution in [0.25, 0.3) is 0 Å². The number of amides is 1. The first kappa shape index (κ1) is 19.9. The number of hydrogen-bond donors (Lipinski definition) is 0. The lowest BCUT2D eigenvalue weighted by Gasteiger charge is -2.31. The highest BCUT2D eigenvalue weighted by molar-refractivity contribution is 5.83. The van der Waals surface area contributed by atoms with E-state index >= 15 is 0 Å². The lowest BCUT2D eigenvalue weighted by molar-refractivity contribution is -0.153. The van der Waals surface area contributed by atoms with Crippen LogP contribution in [0.5, 0.6) is 0 Å². The fourth-order valence-corrected chi connectivity index (χ4v) is 3.74. The summed E-state index contributed by atoms with van der Waals surface area (Å²) in [6, 6.07) is 0. The Kier molecular flexibility index (Phi) is 7.41. The normalized spacial score (nSPS) is 27.3. The third-order valence-corrected chi connectivity index (χ3v) is 5.27. The van der Waals surface area contributed by atoms with Crippen molar-refractivity contribution in [3.05, 3.63) is 0 Å². The predicted molar refractivity (Wildman–Crippen MR) is 93.0 cm³/mol. The molecule has 2 aliphatic heterocycles. The van der Waals surface area contributed by atoms with E-state index in [1.165, 1.54) is 0 Å². The molecule has 0 radical (unpaired) electrons. The molecule has 2 rings (SSSR count). The summed E-state index contributed by atoms with van der Waals surface area (Å²) in [4.78, 5) is 37.8. The molecule has 6 heteroatoms. The van der Waals surface area contributed by atoms with Gasteiger partial charge in [0.1, 0.15) is 11.9 Å². The third-order valence-electron chi connectivity index (χ3n) is 5.27. The third kappa shape index (κ3) is 5.53. The summed E-state index contributed by atoms with van der Waals surface area (Å²) in [5.41, 5.74) is 0. The fourth-order valence-electron chi connectivity index (χ4n) is 3.74. The van der Waals surface area contributed by atoms with Crippen molar-refractivity contribution in [2.75, 3.05) is 13.1 Å². The standard InChI is InChI=1S/C19H31NO5/c1-4-15(21)14-8-10-20(11-9-14)18(22)6-7-19(23)25-17-12-13(3)24-16(17)5-2/h13-14,16-17H,4-12H2,1-3H3/t13-,16+,17+/m0/s1. The van der Waals surface area contributed by atoms with Crippen molar-refractivity contribution in [2.24, 2.45) is 5.92 Å². The number of esters is 1. The van der Waals surface area contributed by atoms with Crippen LogP contribution < -0.4 is 0 Å². The number of Topliss-reactive ketones (excluding diaryl/α,β-unsaturated/α-hetero) is 1. The number of rotatable bonds is 7. The summed E-state index contributed by atoms with van der Waals surface area (Å²) in [7, 11) is 0. The summed E-state index contributed by atoms with van der Waals surface area (Å²) in [5, 5.41) is 0. The van der Waals surface area contributed by atoms with Crippen LogP contribution >= 0.6 is 0 Å². The number of piperidine rings is 1. The van der Waals surface area contributed by atoms with Gasteiger partial charge in [-0.2, -0.15) is 0 Å². The number of ether oxygens (including phenoxy) is 2. The Morgan fingerprint density at radius 3 is 2.40 bits per heavy atom. The van der Waals surface area contributed by atoms with Crippen molar-refractivity contribution >= 4 is 17.7 Å². The molecule has 6 nitrogen and oxygen atoms in total. The second kappa shape index (κ2) is 9.32. The summed E-state index contributed by atoms with van der Waals surface area (Å²) >= 11 is 0. The van der Waals surface area contributed by atoms with Gasteiger partial charge in [0.15, 0.2) is 0 Å². The smallest absolute Gasteiger partial charge is 0.306 e. The number of ketones is 1. The van der Waals surface area contributed by atoms with Gasteiger partial charge in [0.2, 0.25) is 5.91 Å². The van der Waals surface area contributed by atoms with Crippen molar-refractivity contribution in [2.45, 2.75) is 84.0 Å². The first-order chi connectivity index (χ1) is 11.9. The average Bonchev–Trinajstić information content (AvgIpc) is 2.98. The Bertz CT molecular complexity index is 484. The number of carbonyl (C=O) groups is 3. The monoisotopic (exact) mass is 353 g/mol. The molecule has 142 valence electrons. The first-order valence-corrected chi connectivity index (χ1v) is 9.60. The molecule has 3 atom stereocenters. The molecule has 2 fully saturated rings. The molecule has 0 aromatic heterocycles. The maximum atomic E-state index is 12.3. The van der Waals surface area contributed by atoms with Gasteiger partial charge in [0.25, 0.3) is 0 Å². The van der Waals surface area contributed by atoms with E-state index in [2.05, 4.69) is 0 Å². The molecular weight excluding hydrogens is 322 g/mol. The minimum absolute atomic E-state index is 0.0255. The molecular formula is C19H31NO5. The van der Waals surface area contributed by atoms with E-state index in [0.717, 1.165) is 25.7 Å². The summed E-state index contributed by atoms with van der Waals surface area (Å²) < 4.78 is 11.2. The van der Waals surface area contributed by atoms with Crippen LogP contribution in [0.3, 0.4) is 0 Å². The van der Waals surface area contributed by atoms with Crippen LogP contribution in [0.1, 0.15) is 65.7 Å². The number of hydrogen-bond acceptors (Lipinski definition) is 5. The van der Waals surface area contributed by atoms with Crippen LogP contribution in [0, 0.1) is 5.92 Å². The lowest BCUT2D eigenvalue weighted by Crippen LogP contribution is -2.40. The zero-order valence-corrected chi connectivity index (χ0v) is 15.7. The molecule has 25 heavy (non-hydrogen) atoms. The second-order valence-corrected chi connectivity index (χ2v) is 7.13. The SMILES string of the molecule is CCC(=O)C1CCN(C(=O)CCC(=O)O[C@@H]2C[C@H](C)O[C@@H]2CC)CC1. The topological polar surface area (TPSA) is 72.9 Å². The molecule has 1 amide bonds. The van der Waals surface area contributed by atoms with E-state index in [0.29, 0.717) is 19.5 Å². The summed E-state index contributed by atoms with van der Waals surface area (Å²) in [6.45, 7) is 7.09. The van der Waals surface area contributed by atoms with Crippen molar-refractivity contribution < 1.29 is 23.9 Å². The van der Waals surface area contributed by atoms with Gasteiger partial charge in [-0.1, -0.05) is 13.8 Å². The van der Waals surface area contributed by atoms with Gasteiger partial charge in [-0.25, -0.2) is 0 Å². The molecule has 0 N–H and O–H groups in total. The Morgan fingerprint density at radius 1 is 1.12 bits per heavy atom. The minimum Gasteiger partial charge on any atom is -0.459 e. The molecule has 0 unspecified atom stereocenters. The summed E-state index contributed by atoms with van der Waals surface area (Å²) in [5.74, 6) is 0.0245. The highest BCUT2D eigenvalue weighted by Gasteiger charge is 2.34. The van der Waals surface area contributed by atoms with E-state index in [4.69, 9.17) is 9.47 Å². The largest absolute Gasteiger partial charge is 0.459 e. The molecule has 2 aliphatic rings. The van der Waals surface area contributed by atoms with Crippen LogP contribution in [0.4, 0.5) is 0 Å². The number of carbonyl (C=O) groups excluding carboxylic acids is 3. The van der Waals surface area contributed by atoms with Crippen LogP contribution in [0.15, 0.2) is 0 Å². The molecule has 2 saturated heterocycles. The first-order valence-electron chi connectivity index (χ1n) is 9.60. The minimum atomic E-state index is -0.328. The Hall–Kier alpha value is -1.43. The Morgan fingerprint density at radius 2 is 1.80 bits per heavy atom. The van der Waals surface area contributed by atoms with Gasteiger partial charge in [-0.05, 0) is 26.2 Å². The molecule has 2 heterocycles. The molecule has 0 spiro atoms. The quantitative estimate of drug-likeness (QED) is 0.658. The molecule has 0 aromatic carbocycles. The van der Waals surface area contributed by atoms with E-state index < -0.39 is 0 Å². The molecule has 0 aliphatic carbocycles. The van der Waals surface area contributed by atoms with Gasteiger partial charge in [0.05, 0.1) is 18.6 Å². The van der Waals surface area contributed by atoms with Crippen molar-refractivity contribution in [1.82, 2.24) is 4.90 Å². The van der Waals surface area contributed by atoms with Crippen LogP contribution in [0.2, 0.25) is 0 Å². The van der Waals surface area contributed by atoms with E-state index in [1.54, 1.807) is 4.90 Å². The van der Waals surface area contributed by atoms with Gasteiger partial charge in [-0.15, -0.1) is 0 Å². The highest BCUT2D eigenvalue weighted by atomic mass is 16.6. The number of nitrogens with zero attached hydrogens (tertiary/aromatic N) is 1. The second-order valence-electron chi connectivity index (χ2n) is 7.13. The molecule has 0 aromatic rings. The average molecular weight is 353 g/mol. The Labute approximate surface area is 150 Å². The van der Waals surface area contributed by atoms with E-state index in [9.17, 15) is 14.4 Å². The number of likely N-dealkylation sites (tertiary alicyclic amines) is 1. The maximum absolute atomic E-state index is 12.3. The van der Waals surface area contributed by atoms with Crippen molar-refractivity contribution in [1.29, 1.82) is 0 Å². The predicted octanol–water partition coefficient (Wildman–Crippen LogP) is 2.48. The van der Waals surface area contributed by atoms with E-state index in [1.807, 2.05) is 20.8 Å². The summed E-state index contributed by atoms with van der Waals surface area (Å²) in [6.07, 6.45) is 3.71. The lowest BCUT2D eigenvalue weighted by atomic mass is 9.91. The fraction of sp³-hybridized carbons (Fsp3) is 0.842. The van der Waals surface area contributed by atoms with Crippen molar-refractivity contribution in [3.63, 3.8) is 0 Å². The highest BCUT2D eigenvalue weighted by Crippen LogP contribution is 2.26. The van der Waals surface area contributed by atoms with Gasteiger partial charge < -0.3 is 14.4 Å². The van der Waals surface area contributed by atoms with Gasteiger partial charge in [-0.3, -0.25) is 14.4 Å². The zero-order valence-electron chi connectivity index (χ0n) is 15.7. The van der Waals surface area contributed by atoms with Crippen molar-refractivity contribution in [3.8, 4) is 0 Å². The Balaban J connectivity index is 1.70. The zero-order chi connectivity index (χ0) is 18.4. The van der Waals surface area contributed by atoms with Crippen LogP contribution in [-0.2, 0) is 23.9 Å². The van der Waals surface area contributed by atoms with Crippen LogP contribution in [-0.4, -0.2) is 54.0 Å². The van der Waals surface area contributed by atoms with Gasteiger partial charge >= 0.3 is 5.97 Å². The molecule has 0 bridgehead atoms. The van der Waals surface area contributed by atoms with E-state index in [-0.39, 0.29) is 54.7 Å².